The topological polar surface area (TPSA) is 4.93 Å². The van der Waals surface area contributed by atoms with Crippen molar-refractivity contribution in [2.45, 2.75) is 0 Å². The van der Waals surface area contributed by atoms with E-state index in [1.807, 2.05) is 11.3 Å². The van der Waals surface area contributed by atoms with Crippen molar-refractivity contribution in [1.82, 2.24) is 4.57 Å². The van der Waals surface area contributed by atoms with Crippen LogP contribution in [-0.2, 0) is 0 Å². The molecule has 13 rings (SSSR count). The Morgan fingerprint density at radius 2 is 0.683 bits per heavy atom. The van der Waals surface area contributed by atoms with Gasteiger partial charge in [-0.2, -0.15) is 0 Å². The Hall–Kier alpha value is -7.52. The van der Waals surface area contributed by atoms with Gasteiger partial charge in [0, 0.05) is 47.3 Å². The molecule has 2 aromatic heterocycles. The van der Waals surface area contributed by atoms with Gasteiger partial charge in [0.1, 0.15) is 0 Å². The Labute approximate surface area is 350 Å². The molecular weight excluding hydrogens is 743 g/mol. The fraction of sp³-hybridized carbons (Fsp3) is 0. The van der Waals surface area contributed by atoms with Gasteiger partial charge in [0.15, 0.2) is 0 Å². The van der Waals surface area contributed by atoms with Crippen molar-refractivity contribution < 1.29 is 0 Å². The van der Waals surface area contributed by atoms with E-state index in [9.17, 15) is 0 Å². The maximum absolute atomic E-state index is 2.50. The number of fused-ring (bicyclic) bond motifs is 10. The monoisotopic (exact) mass is 777 g/mol. The molecule has 2 heterocycles. The third-order valence-corrected chi connectivity index (χ3v) is 14.0. The van der Waals surface area contributed by atoms with E-state index in [0.29, 0.717) is 0 Å². The lowest BCUT2D eigenvalue weighted by Crippen LogP contribution is -1.99. The maximum Gasteiger partial charge on any atom is 0.0619 e. The van der Waals surface area contributed by atoms with Crippen molar-refractivity contribution in [3.05, 3.63) is 212 Å². The molecule has 0 saturated heterocycles. The largest absolute Gasteiger partial charge is 0.308 e. The van der Waals surface area contributed by atoms with Gasteiger partial charge in [-0.05, 0) is 78.3 Å². The van der Waals surface area contributed by atoms with Crippen molar-refractivity contribution >= 4 is 96.4 Å². The summed E-state index contributed by atoms with van der Waals surface area (Å²) in [6, 6.07) is 78.6. The van der Waals surface area contributed by atoms with Gasteiger partial charge in [-0.1, -0.05) is 194 Å². The maximum atomic E-state index is 2.50. The van der Waals surface area contributed by atoms with Crippen LogP contribution in [0.15, 0.2) is 212 Å². The zero-order chi connectivity index (χ0) is 39.3. The first kappa shape index (κ1) is 33.5. The molecule has 0 saturated carbocycles. The molecular formula is C58H35NS. The summed E-state index contributed by atoms with van der Waals surface area (Å²) in [5.74, 6) is 0. The number of aromatic nitrogens is 1. The summed E-state index contributed by atoms with van der Waals surface area (Å²) in [4.78, 5) is 0. The van der Waals surface area contributed by atoms with Crippen LogP contribution in [0.3, 0.4) is 0 Å². The lowest BCUT2D eigenvalue weighted by Gasteiger charge is -2.20. The van der Waals surface area contributed by atoms with Crippen molar-refractivity contribution in [3.8, 4) is 39.1 Å². The number of nitrogens with zero attached hydrogens (tertiary/aromatic N) is 1. The molecule has 278 valence electrons. The standard InChI is InChI=1S/C58H35NS/c1-2-18-36(19-3-1)53-39-22-4-6-24-41(39)54(42-25-7-5-23-40(42)53)47-30-17-35-52-56(47)49-32-16-31-48(58(49)60-52)55-43-26-8-10-28-45(43)57(46-29-11-9-27-44(46)55)59-50-33-14-12-20-37(50)38-21-13-15-34-51(38)59/h1-35H. The molecule has 11 aromatic carbocycles. The molecule has 0 bridgehead atoms. The first-order valence-electron chi connectivity index (χ1n) is 20.7. The summed E-state index contributed by atoms with van der Waals surface area (Å²) in [6.07, 6.45) is 0. The molecule has 13 aromatic rings. The third kappa shape index (κ3) is 4.68. The second kappa shape index (κ2) is 13.0. The van der Waals surface area contributed by atoms with E-state index in [0.717, 1.165) is 0 Å². The van der Waals surface area contributed by atoms with Crippen LogP contribution in [0.2, 0.25) is 0 Å². The summed E-state index contributed by atoms with van der Waals surface area (Å²) in [5.41, 5.74) is 11.3. The molecule has 0 amide bonds. The van der Waals surface area contributed by atoms with E-state index in [1.54, 1.807) is 0 Å². The second-order valence-electron chi connectivity index (χ2n) is 15.9. The van der Waals surface area contributed by atoms with E-state index in [4.69, 9.17) is 0 Å². The Bertz CT molecular complexity index is 3720. The van der Waals surface area contributed by atoms with Gasteiger partial charge in [-0.3, -0.25) is 0 Å². The fourth-order valence-corrected chi connectivity index (χ4v) is 11.6. The fourth-order valence-electron chi connectivity index (χ4n) is 10.4. The van der Waals surface area contributed by atoms with E-state index in [1.165, 1.54) is 124 Å². The van der Waals surface area contributed by atoms with E-state index in [2.05, 4.69) is 217 Å². The molecule has 0 radical (unpaired) electrons. The van der Waals surface area contributed by atoms with E-state index >= 15 is 0 Å². The molecule has 2 heteroatoms. The summed E-state index contributed by atoms with van der Waals surface area (Å²) in [5, 5.41) is 15.2. The lowest BCUT2D eigenvalue weighted by atomic mass is 9.85. The summed E-state index contributed by atoms with van der Waals surface area (Å²) >= 11 is 1.92. The molecule has 60 heavy (non-hydrogen) atoms. The summed E-state index contributed by atoms with van der Waals surface area (Å²) in [7, 11) is 0. The summed E-state index contributed by atoms with van der Waals surface area (Å²) < 4.78 is 5.11. The highest BCUT2D eigenvalue weighted by Gasteiger charge is 2.24. The normalized spacial score (nSPS) is 12.0. The van der Waals surface area contributed by atoms with Gasteiger partial charge in [0.25, 0.3) is 0 Å². The van der Waals surface area contributed by atoms with Crippen LogP contribution >= 0.6 is 11.3 Å². The quantitative estimate of drug-likeness (QED) is 0.157. The number of rotatable bonds is 4. The van der Waals surface area contributed by atoms with Gasteiger partial charge >= 0.3 is 0 Å². The Balaban J connectivity index is 1.12. The number of para-hydroxylation sites is 2. The molecule has 0 fully saturated rings. The van der Waals surface area contributed by atoms with Gasteiger partial charge in [0.2, 0.25) is 0 Å². The highest BCUT2D eigenvalue weighted by molar-refractivity contribution is 7.26. The van der Waals surface area contributed by atoms with Crippen molar-refractivity contribution in [2.75, 3.05) is 0 Å². The van der Waals surface area contributed by atoms with E-state index in [-0.39, 0.29) is 0 Å². The zero-order valence-corrected chi connectivity index (χ0v) is 33.4. The van der Waals surface area contributed by atoms with Crippen LogP contribution in [0.1, 0.15) is 0 Å². The van der Waals surface area contributed by atoms with Gasteiger partial charge in [-0.15, -0.1) is 11.3 Å². The predicted octanol–water partition coefficient (Wildman–Crippen LogP) is 16.8. The molecule has 1 nitrogen and oxygen atoms in total. The minimum atomic E-state index is 1.22. The summed E-state index contributed by atoms with van der Waals surface area (Å²) in [6.45, 7) is 0. The molecule has 0 spiro atoms. The predicted molar refractivity (Wildman–Crippen MR) is 260 cm³/mol. The van der Waals surface area contributed by atoms with E-state index < -0.39 is 0 Å². The number of thiophene rings is 1. The third-order valence-electron chi connectivity index (χ3n) is 12.8. The average molecular weight is 778 g/mol. The van der Waals surface area contributed by atoms with Crippen LogP contribution in [0.4, 0.5) is 0 Å². The molecule has 0 atom stereocenters. The minimum Gasteiger partial charge on any atom is -0.308 e. The van der Waals surface area contributed by atoms with Gasteiger partial charge in [-0.25, -0.2) is 0 Å². The first-order chi connectivity index (χ1) is 29.8. The highest BCUT2D eigenvalue weighted by Crippen LogP contribution is 2.51. The van der Waals surface area contributed by atoms with Crippen LogP contribution in [-0.4, -0.2) is 4.57 Å². The van der Waals surface area contributed by atoms with Gasteiger partial charge < -0.3 is 4.57 Å². The van der Waals surface area contributed by atoms with Gasteiger partial charge in [0.05, 0.1) is 16.7 Å². The van der Waals surface area contributed by atoms with Crippen LogP contribution in [0.5, 0.6) is 0 Å². The van der Waals surface area contributed by atoms with Crippen LogP contribution in [0, 0.1) is 0 Å². The SMILES string of the molecule is c1ccc(-c2c3ccccc3c(-c3cccc4sc5c(-c6c7ccccc7c(-n7c8ccccc8c8ccccc87)c7ccccc67)cccc5c34)c3ccccc23)cc1. The molecule has 0 aliphatic rings. The van der Waals surface area contributed by atoms with Crippen molar-refractivity contribution in [1.29, 1.82) is 0 Å². The smallest absolute Gasteiger partial charge is 0.0619 e. The highest BCUT2D eigenvalue weighted by atomic mass is 32.1. The van der Waals surface area contributed by atoms with Crippen molar-refractivity contribution in [3.63, 3.8) is 0 Å². The van der Waals surface area contributed by atoms with Crippen LogP contribution in [0.25, 0.3) is 124 Å². The molecule has 0 unspecified atom stereocenters. The Morgan fingerprint density at radius 1 is 0.283 bits per heavy atom. The molecule has 0 aliphatic heterocycles. The molecule has 0 N–H and O–H groups in total. The number of hydrogen-bond donors (Lipinski definition) is 0. The van der Waals surface area contributed by atoms with Crippen molar-refractivity contribution in [2.24, 2.45) is 0 Å². The van der Waals surface area contributed by atoms with Crippen LogP contribution < -0.4 is 0 Å². The molecule has 0 aliphatic carbocycles. The number of benzene rings is 11. The second-order valence-corrected chi connectivity index (χ2v) is 16.9. The first-order valence-corrected chi connectivity index (χ1v) is 21.5. The lowest BCUT2D eigenvalue weighted by molar-refractivity contribution is 1.21. The average Bonchev–Trinajstić information content (AvgIpc) is 3.87. The zero-order valence-electron chi connectivity index (χ0n) is 32.6. The Kier molecular flexibility index (Phi) is 7.24. The number of hydrogen-bond acceptors (Lipinski definition) is 1. The minimum absolute atomic E-state index is 1.22. The Morgan fingerprint density at radius 3 is 1.25 bits per heavy atom.